The van der Waals surface area contributed by atoms with E-state index in [0.717, 1.165) is 12.1 Å². The van der Waals surface area contributed by atoms with E-state index >= 15 is 0 Å². The number of aromatic nitrogens is 3. The Kier molecular flexibility index (Phi) is 51.3. The molecule has 494 valence electrons. The Morgan fingerprint density at radius 1 is 0.398 bits per heavy atom. The summed E-state index contributed by atoms with van der Waals surface area (Å²) in [5, 5.41) is 61.5. The summed E-state index contributed by atoms with van der Waals surface area (Å²) < 4.78 is 4.26. The number of hydrogen-bond acceptors (Lipinski definition) is 12. The van der Waals surface area contributed by atoms with Crippen LogP contribution in [0.1, 0.15) is 268 Å². The number of pyridine rings is 3. The molecular formula is C69H116N9O6RuS3+5. The van der Waals surface area contributed by atoms with E-state index in [-0.39, 0.29) is 68.2 Å². The van der Waals surface area contributed by atoms with Crippen molar-refractivity contribution in [3.63, 3.8) is 0 Å². The van der Waals surface area contributed by atoms with Crippen LogP contribution in [-0.4, -0.2) is 140 Å². The minimum atomic E-state index is -1.51. The van der Waals surface area contributed by atoms with Crippen LogP contribution in [-0.2, 0) is 19.5 Å². The molecule has 0 aliphatic heterocycles. The maximum absolute atomic E-state index is 12.2. The van der Waals surface area contributed by atoms with Crippen LogP contribution in [0.25, 0.3) is 22.8 Å². The fourth-order valence-electron chi connectivity index (χ4n) is 10.8. The largest absolute Gasteiger partial charge is 2.00 e. The molecule has 0 fully saturated rings. The number of carboxylic acid groups (broad SMARTS) is 3. The van der Waals surface area contributed by atoms with E-state index in [9.17, 15) is 40.2 Å². The van der Waals surface area contributed by atoms with E-state index in [2.05, 4.69) is 98.0 Å². The van der Waals surface area contributed by atoms with Crippen LogP contribution in [0.3, 0.4) is 0 Å². The van der Waals surface area contributed by atoms with Gasteiger partial charge in [-0.15, -0.1) is 0 Å². The Morgan fingerprint density at radius 2 is 0.682 bits per heavy atom. The Morgan fingerprint density at radius 3 is 0.955 bits per heavy atom. The smallest absolute Gasteiger partial charge is 0.478 e. The van der Waals surface area contributed by atoms with Crippen LogP contribution in [0.5, 0.6) is 0 Å². The van der Waals surface area contributed by atoms with Crippen LogP contribution in [0, 0.1) is 32.0 Å². The van der Waals surface area contributed by atoms with Gasteiger partial charge in [-0.2, -0.15) is 15.8 Å². The molecule has 3 N–H and O–H groups in total. The van der Waals surface area contributed by atoms with Crippen molar-refractivity contribution in [3.05, 3.63) is 47.2 Å². The molecular weight excluding hydrogens is 1250 g/mol. The van der Waals surface area contributed by atoms with E-state index in [1.807, 2.05) is 0 Å². The predicted molar refractivity (Wildman–Crippen MR) is 364 cm³/mol. The first-order valence-corrected chi connectivity index (χ1v) is 35.9. The van der Waals surface area contributed by atoms with Gasteiger partial charge in [0.1, 0.15) is 26.9 Å². The number of thioether (sulfide) groups is 3. The molecule has 19 heteroatoms. The van der Waals surface area contributed by atoms with E-state index in [1.54, 1.807) is 16.2 Å². The molecule has 3 heterocycles. The van der Waals surface area contributed by atoms with Crippen molar-refractivity contribution in [2.24, 2.45) is 0 Å². The molecule has 0 amide bonds. The molecule has 0 radical (unpaired) electrons. The Bertz CT molecular complexity index is 2320. The zero-order valence-electron chi connectivity index (χ0n) is 56.5. The maximum atomic E-state index is 12.2. The summed E-state index contributed by atoms with van der Waals surface area (Å²) in [6, 6.07) is 4.62. The number of unbranched alkanes of at least 4 members (excludes halogenated alkanes) is 12. The first-order chi connectivity index (χ1) is 41.9. The van der Waals surface area contributed by atoms with Gasteiger partial charge in [0.25, 0.3) is 0 Å². The molecule has 0 atom stereocenters. The minimum absolute atomic E-state index is 0. The van der Waals surface area contributed by atoms with E-state index in [1.165, 1.54) is 264 Å². The Labute approximate surface area is 559 Å². The number of rotatable bonds is 44. The fourth-order valence-corrected chi connectivity index (χ4v) is 12.7. The van der Waals surface area contributed by atoms with Crippen LogP contribution >= 0.6 is 35.3 Å². The van der Waals surface area contributed by atoms with Crippen molar-refractivity contribution in [2.75, 3.05) is 78.5 Å². The van der Waals surface area contributed by atoms with Crippen LogP contribution in [0.2, 0.25) is 0 Å². The summed E-state index contributed by atoms with van der Waals surface area (Å²) >= 11 is 1.32. The number of nitriles is 3. The van der Waals surface area contributed by atoms with Gasteiger partial charge in [-0.3, -0.25) is 4.98 Å². The van der Waals surface area contributed by atoms with E-state index < -0.39 is 23.5 Å². The molecule has 0 spiro atoms. The number of quaternary nitrogens is 3. The van der Waals surface area contributed by atoms with Gasteiger partial charge >= 0.3 is 37.4 Å². The number of carbonyl (C=O) groups is 3. The number of carboxylic acids is 3. The van der Waals surface area contributed by atoms with Gasteiger partial charge in [0.15, 0.2) is 0 Å². The Hall–Kier alpha value is -4.12. The molecule has 15 nitrogen and oxygen atoms in total. The molecule has 3 aromatic heterocycles. The molecule has 0 aliphatic carbocycles. The predicted octanol–water partition coefficient (Wildman–Crippen LogP) is 19.0. The Balaban J connectivity index is 0. The average molecular weight is 1370 g/mol. The van der Waals surface area contributed by atoms with Gasteiger partial charge in [0.05, 0.1) is 122 Å². The number of thiocyanates is 3. The van der Waals surface area contributed by atoms with Gasteiger partial charge in [-0.05, 0) is 125 Å². The van der Waals surface area contributed by atoms with Crippen molar-refractivity contribution in [3.8, 4) is 39.0 Å². The van der Waals surface area contributed by atoms with E-state index in [4.69, 9.17) is 5.26 Å². The van der Waals surface area contributed by atoms with Gasteiger partial charge in [0, 0.05) is 18.0 Å². The standard InChI is InChI=1S/C21H8N6O6S3.3C16H36N.Ru/c22-6-34-16-14(21(32)33)17(35-7-23)18(36-8-24)27-15(16)13-5-10(20(30)31)4-12(26-13)11-3-9(19(28)29)1-2-25-11;3*1-5-9-13-17(14-10-6-2,15-11-7-3)16-12-8-4;/h1-5H,(H,28,29)(H,30,31)(H,32,33);3*5-16H2,1-4H3;/q;3*+1;+2. The van der Waals surface area contributed by atoms with Crippen LogP contribution in [0.15, 0.2) is 45.3 Å². The topological polar surface area (TPSA) is 222 Å². The fraction of sp³-hybridized carbons (Fsp3) is 0.696. The first-order valence-electron chi connectivity index (χ1n) is 33.4. The third kappa shape index (κ3) is 33.3. The van der Waals surface area contributed by atoms with E-state index in [0.29, 0.717) is 35.3 Å². The molecule has 0 unspecified atom stereocenters. The van der Waals surface area contributed by atoms with Crippen molar-refractivity contribution >= 4 is 53.2 Å². The molecule has 88 heavy (non-hydrogen) atoms. The molecule has 0 aliphatic rings. The normalized spacial score (nSPS) is 11.1. The number of hydrogen-bond donors (Lipinski definition) is 3. The summed E-state index contributed by atoms with van der Waals surface area (Å²) in [5.41, 5.74) is -1.39. The molecule has 3 rings (SSSR count). The second-order valence-corrected chi connectivity index (χ2v) is 25.7. The number of aromatic carboxylic acids is 3. The third-order valence-electron chi connectivity index (χ3n) is 16.1. The summed E-state index contributed by atoms with van der Waals surface area (Å²) in [4.78, 5) is 47.6. The quantitative estimate of drug-likeness (QED) is 0.0207. The van der Waals surface area contributed by atoms with Gasteiger partial charge < -0.3 is 28.8 Å². The van der Waals surface area contributed by atoms with Gasteiger partial charge in [0.2, 0.25) is 0 Å². The van der Waals surface area contributed by atoms with Gasteiger partial charge in [-0.25, -0.2) is 24.4 Å². The van der Waals surface area contributed by atoms with Crippen LogP contribution in [0.4, 0.5) is 0 Å². The average Bonchev–Trinajstić information content (AvgIpc) is 1.72. The van der Waals surface area contributed by atoms with Crippen molar-refractivity contribution in [1.82, 2.24) is 15.0 Å². The molecule has 3 aromatic rings. The monoisotopic (exact) mass is 1360 g/mol. The van der Waals surface area contributed by atoms with Gasteiger partial charge in [-0.1, -0.05) is 160 Å². The zero-order chi connectivity index (χ0) is 65.4. The van der Waals surface area contributed by atoms with Crippen molar-refractivity contribution in [1.29, 1.82) is 15.8 Å². The molecule has 0 bridgehead atoms. The first kappa shape index (κ1) is 85.9. The maximum Gasteiger partial charge on any atom is 2.00 e. The minimum Gasteiger partial charge on any atom is -0.478 e. The second kappa shape index (κ2) is 52.5. The SMILES string of the molecule is CCCC[N+](CCCC)(CCCC)CCCC.CCCC[N+](CCCC)(CCCC)CCCC.CCCC[N+](CCCC)(CCCC)CCCC.N#CSc1nc(-c2cc(C(=O)O)cc(-c3cc(C(=O)O)ccn3)n2)c(SC#N)c(C(=O)O)c1SC#N.[Ru+2]. The summed E-state index contributed by atoms with van der Waals surface area (Å²) in [5.74, 6) is -4.15. The number of nitrogens with zero attached hydrogens (tertiary/aromatic N) is 9. The van der Waals surface area contributed by atoms with Crippen molar-refractivity contribution < 1.29 is 62.6 Å². The summed E-state index contributed by atoms with van der Waals surface area (Å²) in [6.45, 7) is 45.1. The molecule has 0 saturated carbocycles. The summed E-state index contributed by atoms with van der Waals surface area (Å²) in [6.07, 6.45) is 34.4. The summed E-state index contributed by atoms with van der Waals surface area (Å²) in [7, 11) is 0. The molecule has 0 saturated heterocycles. The third-order valence-corrected chi connectivity index (χ3v) is 18.2. The second-order valence-electron chi connectivity index (χ2n) is 23.3. The zero-order valence-corrected chi connectivity index (χ0v) is 60.7. The molecule has 0 aromatic carbocycles. The van der Waals surface area contributed by atoms with Crippen LogP contribution < -0.4 is 0 Å². The van der Waals surface area contributed by atoms with Crippen molar-refractivity contribution in [2.45, 2.75) is 252 Å².